The van der Waals surface area contributed by atoms with E-state index in [4.69, 9.17) is 4.74 Å². The summed E-state index contributed by atoms with van der Waals surface area (Å²) in [5.41, 5.74) is 0.603. The van der Waals surface area contributed by atoms with E-state index in [0.29, 0.717) is 12.1 Å². The molecule has 1 aromatic carbocycles. The molecule has 22 heavy (non-hydrogen) atoms. The van der Waals surface area contributed by atoms with E-state index in [2.05, 4.69) is 15.6 Å². The molecule has 0 fully saturated rings. The fourth-order valence-corrected chi connectivity index (χ4v) is 1.81. The number of aliphatic imine (C=N–C) groups is 1. The van der Waals surface area contributed by atoms with Crippen molar-refractivity contribution in [3.05, 3.63) is 35.6 Å². The zero-order valence-corrected chi connectivity index (χ0v) is 15.7. The number of ether oxygens (including phenoxy) is 1. The highest BCUT2D eigenvalue weighted by atomic mass is 127. The molecule has 2 N–H and O–H groups in total. The van der Waals surface area contributed by atoms with E-state index in [-0.39, 0.29) is 29.8 Å². The molecule has 0 saturated carbocycles. The minimum absolute atomic E-state index is 0. The summed E-state index contributed by atoms with van der Waals surface area (Å²) in [5, 5.41) is 6.41. The summed E-state index contributed by atoms with van der Waals surface area (Å²) in [6.07, 6.45) is 2.04. The third-order valence-electron chi connectivity index (χ3n) is 2.92. The highest BCUT2D eigenvalue weighted by Crippen LogP contribution is 2.07. The van der Waals surface area contributed by atoms with Gasteiger partial charge in [0.25, 0.3) is 0 Å². The van der Waals surface area contributed by atoms with Crippen molar-refractivity contribution in [2.45, 2.75) is 33.2 Å². The van der Waals surface area contributed by atoms with E-state index in [1.165, 1.54) is 6.07 Å². The lowest BCUT2D eigenvalue weighted by Gasteiger charge is -2.11. The average Bonchev–Trinajstić information content (AvgIpc) is 2.49. The number of nitrogens with one attached hydrogen (secondary N) is 2. The van der Waals surface area contributed by atoms with Gasteiger partial charge in [-0.15, -0.1) is 24.0 Å². The Hall–Kier alpha value is -0.890. The Balaban J connectivity index is 0.00000441. The van der Waals surface area contributed by atoms with Gasteiger partial charge in [-0.1, -0.05) is 18.2 Å². The highest BCUT2D eigenvalue weighted by Gasteiger charge is 2.01. The van der Waals surface area contributed by atoms with Crippen molar-refractivity contribution in [1.82, 2.24) is 10.6 Å². The topological polar surface area (TPSA) is 45.7 Å². The van der Waals surface area contributed by atoms with Gasteiger partial charge in [-0.2, -0.15) is 0 Å². The van der Waals surface area contributed by atoms with Gasteiger partial charge in [-0.05, 0) is 32.8 Å². The van der Waals surface area contributed by atoms with Crippen LogP contribution in [0.3, 0.4) is 0 Å². The molecule has 0 saturated heterocycles. The summed E-state index contributed by atoms with van der Waals surface area (Å²) in [4.78, 5) is 4.40. The van der Waals surface area contributed by atoms with Crippen LogP contribution in [0.1, 0.15) is 32.3 Å². The number of rotatable bonds is 9. The molecule has 0 spiro atoms. The zero-order valence-electron chi connectivity index (χ0n) is 13.4. The molecular formula is C16H27FIN3O. The monoisotopic (exact) mass is 423 g/mol. The number of nitrogens with zero attached hydrogens (tertiary/aromatic N) is 1. The summed E-state index contributed by atoms with van der Waals surface area (Å²) in [6.45, 7) is 7.51. The second-order valence-corrected chi connectivity index (χ2v) is 4.62. The minimum atomic E-state index is -0.214. The fourth-order valence-electron chi connectivity index (χ4n) is 1.81. The van der Waals surface area contributed by atoms with Gasteiger partial charge in [0.1, 0.15) is 5.82 Å². The lowest BCUT2D eigenvalue weighted by molar-refractivity contribution is 0.143. The summed E-state index contributed by atoms with van der Waals surface area (Å²) < 4.78 is 18.8. The van der Waals surface area contributed by atoms with Crippen LogP contribution in [0.5, 0.6) is 0 Å². The van der Waals surface area contributed by atoms with Gasteiger partial charge < -0.3 is 15.4 Å². The third kappa shape index (κ3) is 9.19. The van der Waals surface area contributed by atoms with Crippen molar-refractivity contribution in [2.75, 3.05) is 26.3 Å². The first kappa shape index (κ1) is 21.1. The van der Waals surface area contributed by atoms with Crippen LogP contribution in [0.4, 0.5) is 4.39 Å². The molecule has 0 radical (unpaired) electrons. The standard InChI is InChI=1S/C16H26FN3O.HI/c1-3-18-16(19-11-7-8-12-21-4-2)20-13-14-9-5-6-10-15(14)17;/h5-6,9-10H,3-4,7-8,11-13H2,1-2H3,(H2,18,19,20);1H. The normalized spacial score (nSPS) is 11.0. The Kier molecular flexibility index (Phi) is 13.2. The molecule has 6 heteroatoms. The molecule has 0 heterocycles. The number of hydrogen-bond acceptors (Lipinski definition) is 2. The van der Waals surface area contributed by atoms with E-state index in [1.807, 2.05) is 19.9 Å². The first-order valence-electron chi connectivity index (χ1n) is 7.61. The maximum atomic E-state index is 13.5. The Morgan fingerprint density at radius 2 is 1.95 bits per heavy atom. The van der Waals surface area contributed by atoms with Gasteiger partial charge in [0, 0.05) is 31.9 Å². The molecule has 4 nitrogen and oxygen atoms in total. The van der Waals surface area contributed by atoms with Crippen molar-refractivity contribution < 1.29 is 9.13 Å². The smallest absolute Gasteiger partial charge is 0.191 e. The quantitative estimate of drug-likeness (QED) is 0.277. The molecule has 1 rings (SSSR count). The second-order valence-electron chi connectivity index (χ2n) is 4.62. The number of benzene rings is 1. The number of hydrogen-bond donors (Lipinski definition) is 2. The molecule has 126 valence electrons. The van der Waals surface area contributed by atoms with Crippen LogP contribution in [0.25, 0.3) is 0 Å². The Morgan fingerprint density at radius 1 is 1.18 bits per heavy atom. The maximum absolute atomic E-state index is 13.5. The van der Waals surface area contributed by atoms with E-state index >= 15 is 0 Å². The van der Waals surface area contributed by atoms with Crippen LogP contribution in [0.2, 0.25) is 0 Å². The zero-order chi connectivity index (χ0) is 15.3. The van der Waals surface area contributed by atoms with Gasteiger partial charge in [0.2, 0.25) is 0 Å². The van der Waals surface area contributed by atoms with E-state index in [0.717, 1.165) is 45.1 Å². The lowest BCUT2D eigenvalue weighted by atomic mass is 10.2. The van der Waals surface area contributed by atoms with Gasteiger partial charge in [-0.3, -0.25) is 0 Å². The van der Waals surface area contributed by atoms with Crippen molar-refractivity contribution in [2.24, 2.45) is 4.99 Å². The molecule has 1 aromatic rings. The maximum Gasteiger partial charge on any atom is 0.191 e. The molecule has 0 aromatic heterocycles. The number of halogens is 2. The fraction of sp³-hybridized carbons (Fsp3) is 0.562. The van der Waals surface area contributed by atoms with Crippen LogP contribution in [-0.4, -0.2) is 32.3 Å². The van der Waals surface area contributed by atoms with Crippen LogP contribution in [0.15, 0.2) is 29.3 Å². The van der Waals surface area contributed by atoms with Gasteiger partial charge in [0.05, 0.1) is 6.54 Å². The van der Waals surface area contributed by atoms with Gasteiger partial charge >= 0.3 is 0 Å². The van der Waals surface area contributed by atoms with E-state index in [1.54, 1.807) is 12.1 Å². The van der Waals surface area contributed by atoms with Crippen LogP contribution < -0.4 is 10.6 Å². The predicted octanol–water partition coefficient (Wildman–Crippen LogP) is 3.32. The van der Waals surface area contributed by atoms with Gasteiger partial charge in [0.15, 0.2) is 5.96 Å². The minimum Gasteiger partial charge on any atom is -0.382 e. The van der Waals surface area contributed by atoms with Crippen molar-refractivity contribution in [3.63, 3.8) is 0 Å². The molecule has 0 atom stereocenters. The van der Waals surface area contributed by atoms with Crippen LogP contribution in [0, 0.1) is 5.82 Å². The predicted molar refractivity (Wildman–Crippen MR) is 100 cm³/mol. The average molecular weight is 423 g/mol. The lowest BCUT2D eigenvalue weighted by Crippen LogP contribution is -2.37. The molecule has 0 bridgehead atoms. The van der Waals surface area contributed by atoms with Crippen molar-refractivity contribution in [3.8, 4) is 0 Å². The van der Waals surface area contributed by atoms with Crippen LogP contribution in [-0.2, 0) is 11.3 Å². The summed E-state index contributed by atoms with van der Waals surface area (Å²) in [6, 6.07) is 6.72. The van der Waals surface area contributed by atoms with Crippen LogP contribution >= 0.6 is 24.0 Å². The number of unbranched alkanes of at least 4 members (excludes halogenated alkanes) is 1. The molecule has 0 aliphatic heterocycles. The van der Waals surface area contributed by atoms with E-state index < -0.39 is 0 Å². The Labute approximate surface area is 149 Å². The first-order chi connectivity index (χ1) is 10.3. The Morgan fingerprint density at radius 3 is 2.64 bits per heavy atom. The molecule has 0 unspecified atom stereocenters. The molecular weight excluding hydrogens is 396 g/mol. The largest absolute Gasteiger partial charge is 0.382 e. The molecule has 0 aliphatic carbocycles. The van der Waals surface area contributed by atoms with Crippen molar-refractivity contribution >= 4 is 29.9 Å². The summed E-state index contributed by atoms with van der Waals surface area (Å²) in [7, 11) is 0. The second kappa shape index (κ2) is 13.8. The van der Waals surface area contributed by atoms with Gasteiger partial charge in [-0.25, -0.2) is 9.38 Å². The first-order valence-corrected chi connectivity index (χ1v) is 7.61. The molecule has 0 aliphatic rings. The third-order valence-corrected chi connectivity index (χ3v) is 2.92. The van der Waals surface area contributed by atoms with E-state index in [9.17, 15) is 4.39 Å². The summed E-state index contributed by atoms with van der Waals surface area (Å²) >= 11 is 0. The highest BCUT2D eigenvalue weighted by molar-refractivity contribution is 14.0. The number of guanidine groups is 1. The summed E-state index contributed by atoms with van der Waals surface area (Å²) in [5.74, 6) is 0.506. The SMILES string of the molecule is CCNC(=NCc1ccccc1F)NCCCCOCC.I. The molecule has 0 amide bonds. The van der Waals surface area contributed by atoms with Crippen molar-refractivity contribution in [1.29, 1.82) is 0 Å². The Bertz CT molecular complexity index is 430.